The van der Waals surface area contributed by atoms with Gasteiger partial charge in [0.15, 0.2) is 0 Å². The number of nitrogen functional groups attached to an aromatic ring is 1. The predicted molar refractivity (Wildman–Crippen MR) is 143 cm³/mol. The summed E-state index contributed by atoms with van der Waals surface area (Å²) in [6.45, 7) is 1.16. The first-order chi connectivity index (χ1) is 19.0. The van der Waals surface area contributed by atoms with E-state index in [9.17, 15) is 4.79 Å². The Bertz CT molecular complexity index is 1420. The Labute approximate surface area is 225 Å². The van der Waals surface area contributed by atoms with Crippen LogP contribution in [0, 0.1) is 0 Å². The van der Waals surface area contributed by atoms with Crippen molar-refractivity contribution >= 4 is 5.95 Å². The Balaban J connectivity index is 1.30. The highest BCUT2D eigenvalue weighted by molar-refractivity contribution is 5.54. The molecule has 0 spiro atoms. The fourth-order valence-corrected chi connectivity index (χ4v) is 4.48. The lowest BCUT2D eigenvalue weighted by Gasteiger charge is -2.19. The van der Waals surface area contributed by atoms with Crippen molar-refractivity contribution < 1.29 is 23.7 Å². The number of nitrogens with zero attached hydrogens (tertiary/aromatic N) is 3. The fraction of sp³-hybridized carbons (Fsp3) is 0.321. The van der Waals surface area contributed by atoms with Crippen LogP contribution in [0.15, 0.2) is 71.9 Å². The zero-order valence-electron chi connectivity index (χ0n) is 21.8. The van der Waals surface area contributed by atoms with Gasteiger partial charge in [0.1, 0.15) is 23.8 Å². The summed E-state index contributed by atoms with van der Waals surface area (Å²) in [5.41, 5.74) is 8.49. The summed E-state index contributed by atoms with van der Waals surface area (Å²) in [4.78, 5) is 23.0. The highest BCUT2D eigenvalue weighted by Crippen LogP contribution is 2.34. The van der Waals surface area contributed by atoms with E-state index >= 15 is 0 Å². The number of benzene rings is 2. The summed E-state index contributed by atoms with van der Waals surface area (Å²) >= 11 is 0. The number of H-pyrrole nitrogens is 1. The number of ether oxygens (including phenoxy) is 5. The number of rotatable bonds is 11. The first-order valence-corrected chi connectivity index (χ1v) is 12.5. The maximum atomic E-state index is 12.0. The van der Waals surface area contributed by atoms with Crippen LogP contribution in [0.2, 0.25) is 0 Å². The van der Waals surface area contributed by atoms with Crippen LogP contribution in [0.1, 0.15) is 23.8 Å². The van der Waals surface area contributed by atoms with Gasteiger partial charge in [0.2, 0.25) is 5.95 Å². The quantitative estimate of drug-likeness (QED) is 0.298. The molecular weight excluding hydrogens is 502 g/mol. The number of aromatic amines is 1. The van der Waals surface area contributed by atoms with E-state index in [1.54, 1.807) is 26.7 Å². The summed E-state index contributed by atoms with van der Waals surface area (Å²) in [5, 5.41) is 0. The van der Waals surface area contributed by atoms with Crippen molar-refractivity contribution in [1.29, 1.82) is 0 Å². The van der Waals surface area contributed by atoms with E-state index in [1.807, 2.05) is 53.1 Å². The summed E-state index contributed by atoms with van der Waals surface area (Å²) in [5.74, 6) is 1.61. The minimum atomic E-state index is -0.403. The molecule has 2 aromatic carbocycles. The van der Waals surface area contributed by atoms with Crippen LogP contribution < -0.4 is 20.8 Å². The van der Waals surface area contributed by atoms with Gasteiger partial charge in [-0.15, -0.1) is 0 Å². The SMILES string of the molecule is COc1ccc(COC[C@H]2O[C@@H](n3cncc3-c3cc(=O)[nH]c(N)n3)C[C@H]2OCc2ccc(OC)cc2)cc1. The highest BCUT2D eigenvalue weighted by Gasteiger charge is 2.38. The zero-order valence-corrected chi connectivity index (χ0v) is 21.8. The Hall–Kier alpha value is -4.19. The number of nitrogens with one attached hydrogen (secondary N) is 1. The van der Waals surface area contributed by atoms with Crippen molar-refractivity contribution in [2.45, 2.75) is 38.1 Å². The summed E-state index contributed by atoms with van der Waals surface area (Å²) in [6.07, 6.45) is 2.85. The lowest BCUT2D eigenvalue weighted by atomic mass is 10.1. The summed E-state index contributed by atoms with van der Waals surface area (Å²) < 4.78 is 31.1. The molecule has 11 nitrogen and oxygen atoms in total. The largest absolute Gasteiger partial charge is 0.497 e. The molecule has 0 saturated carbocycles. The van der Waals surface area contributed by atoms with Crippen LogP contribution >= 0.6 is 0 Å². The van der Waals surface area contributed by atoms with Crippen molar-refractivity contribution in [2.75, 3.05) is 26.6 Å². The van der Waals surface area contributed by atoms with Gasteiger partial charge in [0, 0.05) is 12.5 Å². The lowest BCUT2D eigenvalue weighted by molar-refractivity contribution is -0.0821. The fourth-order valence-electron chi connectivity index (χ4n) is 4.48. The average molecular weight is 534 g/mol. The van der Waals surface area contributed by atoms with E-state index in [1.165, 1.54) is 6.07 Å². The highest BCUT2D eigenvalue weighted by atomic mass is 16.6. The number of anilines is 1. The number of aromatic nitrogens is 4. The molecule has 1 saturated heterocycles. The number of hydrogen-bond acceptors (Lipinski definition) is 9. The van der Waals surface area contributed by atoms with Crippen LogP contribution in [0.5, 0.6) is 11.5 Å². The molecule has 11 heteroatoms. The molecule has 0 radical (unpaired) electrons. The minimum absolute atomic E-state index is 0.0306. The Morgan fingerprint density at radius 3 is 2.33 bits per heavy atom. The molecule has 4 aromatic rings. The first kappa shape index (κ1) is 26.4. The van der Waals surface area contributed by atoms with E-state index in [0.717, 1.165) is 22.6 Å². The molecule has 3 heterocycles. The monoisotopic (exact) mass is 533 g/mol. The molecule has 39 heavy (non-hydrogen) atoms. The maximum Gasteiger partial charge on any atom is 0.252 e. The lowest BCUT2D eigenvalue weighted by Crippen LogP contribution is -2.29. The van der Waals surface area contributed by atoms with Gasteiger partial charge in [0.25, 0.3) is 5.56 Å². The van der Waals surface area contributed by atoms with Gasteiger partial charge in [-0.1, -0.05) is 24.3 Å². The molecule has 0 unspecified atom stereocenters. The second-order valence-corrected chi connectivity index (χ2v) is 9.13. The molecule has 1 aliphatic heterocycles. The normalized spacial score (nSPS) is 18.8. The predicted octanol–water partition coefficient (Wildman–Crippen LogP) is 3.32. The van der Waals surface area contributed by atoms with Crippen LogP contribution in [0.3, 0.4) is 0 Å². The molecule has 1 aliphatic rings. The molecular formula is C28H31N5O6. The van der Waals surface area contributed by atoms with E-state index in [4.69, 9.17) is 29.4 Å². The minimum Gasteiger partial charge on any atom is -0.497 e. The molecule has 0 bridgehead atoms. The van der Waals surface area contributed by atoms with Gasteiger partial charge >= 0.3 is 0 Å². The maximum absolute atomic E-state index is 12.0. The van der Waals surface area contributed by atoms with Gasteiger partial charge in [0.05, 0.1) is 64.1 Å². The van der Waals surface area contributed by atoms with Crippen LogP contribution in [-0.4, -0.2) is 52.6 Å². The van der Waals surface area contributed by atoms with E-state index in [0.29, 0.717) is 37.6 Å². The van der Waals surface area contributed by atoms with Crippen molar-refractivity contribution in [2.24, 2.45) is 0 Å². The van der Waals surface area contributed by atoms with E-state index in [2.05, 4.69) is 15.0 Å². The molecule has 0 amide bonds. The van der Waals surface area contributed by atoms with Crippen molar-refractivity contribution in [3.8, 4) is 22.9 Å². The molecule has 204 valence electrons. The molecule has 0 aliphatic carbocycles. The molecule has 5 rings (SSSR count). The molecule has 3 N–H and O–H groups in total. The van der Waals surface area contributed by atoms with Gasteiger partial charge in [-0.2, -0.15) is 0 Å². The van der Waals surface area contributed by atoms with Crippen molar-refractivity contribution in [3.63, 3.8) is 0 Å². The van der Waals surface area contributed by atoms with Gasteiger partial charge in [-0.05, 0) is 35.4 Å². The molecule has 3 atom stereocenters. The number of imidazole rings is 1. The first-order valence-electron chi connectivity index (χ1n) is 12.5. The standard InChI is InChI=1S/C28H31N5O6/c1-35-20-7-3-18(4-8-20)14-37-16-25-24(38-15-19-5-9-21(36-2)10-6-19)12-27(39-25)33-17-30-13-23(33)22-11-26(34)32-28(29)31-22/h3-11,13,17,24-25,27H,12,14-16H2,1-2H3,(H3,29,31,32,34)/t24-,25-,27-/m1/s1. The topological polar surface area (TPSA) is 136 Å². The zero-order chi connectivity index (χ0) is 27.2. The average Bonchev–Trinajstić information content (AvgIpc) is 3.59. The van der Waals surface area contributed by atoms with Gasteiger partial charge in [-0.25, -0.2) is 9.97 Å². The van der Waals surface area contributed by atoms with Crippen LogP contribution in [0.4, 0.5) is 5.95 Å². The van der Waals surface area contributed by atoms with Crippen LogP contribution in [-0.2, 0) is 27.4 Å². The number of hydrogen-bond donors (Lipinski definition) is 2. The third-order valence-corrected chi connectivity index (χ3v) is 6.51. The Morgan fingerprint density at radius 1 is 1.03 bits per heavy atom. The van der Waals surface area contributed by atoms with E-state index < -0.39 is 6.23 Å². The number of methoxy groups -OCH3 is 2. The van der Waals surface area contributed by atoms with Gasteiger partial charge in [-0.3, -0.25) is 9.78 Å². The van der Waals surface area contributed by atoms with Gasteiger partial charge < -0.3 is 34.0 Å². The Morgan fingerprint density at radius 2 is 1.69 bits per heavy atom. The van der Waals surface area contributed by atoms with Crippen LogP contribution in [0.25, 0.3) is 11.4 Å². The third kappa shape index (κ3) is 6.45. The van der Waals surface area contributed by atoms with Crippen molar-refractivity contribution in [3.05, 3.63) is 88.6 Å². The third-order valence-electron chi connectivity index (χ3n) is 6.51. The second kappa shape index (κ2) is 12.1. The summed E-state index contributed by atoms with van der Waals surface area (Å²) in [7, 11) is 3.27. The second-order valence-electron chi connectivity index (χ2n) is 9.13. The smallest absolute Gasteiger partial charge is 0.252 e. The Kier molecular flexibility index (Phi) is 8.21. The van der Waals surface area contributed by atoms with E-state index in [-0.39, 0.29) is 23.7 Å². The summed E-state index contributed by atoms with van der Waals surface area (Å²) in [6, 6.07) is 16.9. The number of nitrogens with two attached hydrogens (primary N) is 1. The molecule has 1 fully saturated rings. The van der Waals surface area contributed by atoms with Crippen molar-refractivity contribution in [1.82, 2.24) is 19.5 Å². The molecule has 2 aromatic heterocycles.